The van der Waals surface area contributed by atoms with Crippen LogP contribution < -0.4 is 5.32 Å². The highest BCUT2D eigenvalue weighted by molar-refractivity contribution is 5.91. The normalized spacial score (nSPS) is 10.5. The SMILES string of the molecule is Cc1ccc(-c2nc(COC(=O)CCNC(=O)c3ccco3)co2)cc1. The number of aryl methyl sites for hydroxylation is 1. The summed E-state index contributed by atoms with van der Waals surface area (Å²) in [7, 11) is 0. The minimum atomic E-state index is -0.440. The molecular formula is C19H18N2O5. The fraction of sp³-hybridized carbons (Fsp3) is 0.211. The Balaban J connectivity index is 1.42. The number of nitrogens with zero attached hydrogens (tertiary/aromatic N) is 1. The summed E-state index contributed by atoms with van der Waals surface area (Å²) < 4.78 is 15.5. The molecule has 0 aliphatic carbocycles. The van der Waals surface area contributed by atoms with E-state index in [9.17, 15) is 9.59 Å². The van der Waals surface area contributed by atoms with Crippen molar-refractivity contribution in [2.45, 2.75) is 20.0 Å². The molecule has 3 rings (SSSR count). The van der Waals surface area contributed by atoms with Gasteiger partial charge in [0.2, 0.25) is 5.89 Å². The highest BCUT2D eigenvalue weighted by Gasteiger charge is 2.11. The maximum absolute atomic E-state index is 11.7. The van der Waals surface area contributed by atoms with Gasteiger partial charge >= 0.3 is 5.97 Å². The highest BCUT2D eigenvalue weighted by atomic mass is 16.5. The molecule has 7 heteroatoms. The summed E-state index contributed by atoms with van der Waals surface area (Å²) in [6.45, 7) is 2.17. The lowest BCUT2D eigenvalue weighted by molar-refractivity contribution is -0.144. The number of aromatic nitrogens is 1. The van der Waals surface area contributed by atoms with Gasteiger partial charge in [-0.3, -0.25) is 9.59 Å². The summed E-state index contributed by atoms with van der Waals surface area (Å²) in [5.74, 6) is -0.141. The number of benzene rings is 1. The van der Waals surface area contributed by atoms with Crippen molar-refractivity contribution in [3.63, 3.8) is 0 Å². The highest BCUT2D eigenvalue weighted by Crippen LogP contribution is 2.19. The van der Waals surface area contributed by atoms with Gasteiger partial charge in [0.25, 0.3) is 5.91 Å². The monoisotopic (exact) mass is 354 g/mol. The van der Waals surface area contributed by atoms with Crippen molar-refractivity contribution in [2.24, 2.45) is 0 Å². The van der Waals surface area contributed by atoms with Gasteiger partial charge in [0.15, 0.2) is 5.76 Å². The molecule has 2 heterocycles. The summed E-state index contributed by atoms with van der Waals surface area (Å²) in [6.07, 6.45) is 2.92. The van der Waals surface area contributed by atoms with E-state index in [0.29, 0.717) is 11.6 Å². The number of oxazole rings is 1. The van der Waals surface area contributed by atoms with Crippen LogP contribution in [-0.4, -0.2) is 23.4 Å². The van der Waals surface area contributed by atoms with Crippen molar-refractivity contribution < 1.29 is 23.2 Å². The third-order valence-electron chi connectivity index (χ3n) is 3.59. The van der Waals surface area contributed by atoms with Crippen LogP contribution in [0.3, 0.4) is 0 Å². The van der Waals surface area contributed by atoms with E-state index < -0.39 is 5.97 Å². The first-order valence-corrected chi connectivity index (χ1v) is 8.10. The quantitative estimate of drug-likeness (QED) is 0.655. The lowest BCUT2D eigenvalue weighted by Gasteiger charge is -2.04. The maximum Gasteiger partial charge on any atom is 0.307 e. The van der Waals surface area contributed by atoms with Crippen LogP contribution in [0.25, 0.3) is 11.5 Å². The van der Waals surface area contributed by atoms with Gasteiger partial charge in [-0.15, -0.1) is 0 Å². The summed E-state index contributed by atoms with van der Waals surface area (Å²) >= 11 is 0. The second kappa shape index (κ2) is 8.15. The van der Waals surface area contributed by atoms with Gasteiger partial charge in [-0.05, 0) is 31.2 Å². The molecule has 1 N–H and O–H groups in total. The number of hydrogen-bond donors (Lipinski definition) is 1. The first-order chi connectivity index (χ1) is 12.6. The lowest BCUT2D eigenvalue weighted by Crippen LogP contribution is -2.26. The van der Waals surface area contributed by atoms with Crippen LogP contribution in [0.5, 0.6) is 0 Å². The Bertz CT molecular complexity index is 866. The molecule has 2 aromatic heterocycles. The van der Waals surface area contributed by atoms with Crippen LogP contribution in [0.15, 0.2) is 57.8 Å². The number of esters is 1. The molecule has 0 atom stereocenters. The van der Waals surface area contributed by atoms with E-state index in [4.69, 9.17) is 13.6 Å². The van der Waals surface area contributed by atoms with E-state index in [0.717, 1.165) is 11.1 Å². The largest absolute Gasteiger partial charge is 0.459 e. The first kappa shape index (κ1) is 17.5. The number of carbonyl (C=O) groups excluding carboxylic acids is 2. The number of amides is 1. The Kier molecular flexibility index (Phi) is 5.48. The number of nitrogens with one attached hydrogen (secondary N) is 1. The first-order valence-electron chi connectivity index (χ1n) is 8.10. The van der Waals surface area contributed by atoms with Crippen LogP contribution >= 0.6 is 0 Å². The molecule has 0 fully saturated rings. The van der Waals surface area contributed by atoms with Crippen molar-refractivity contribution >= 4 is 11.9 Å². The van der Waals surface area contributed by atoms with Gasteiger partial charge in [0.05, 0.1) is 12.7 Å². The number of rotatable bonds is 7. The van der Waals surface area contributed by atoms with Crippen LogP contribution in [-0.2, 0) is 16.1 Å². The van der Waals surface area contributed by atoms with Crippen LogP contribution in [0, 0.1) is 6.92 Å². The summed E-state index contributed by atoms with van der Waals surface area (Å²) in [4.78, 5) is 27.7. The van der Waals surface area contributed by atoms with Crippen molar-refractivity contribution in [3.05, 3.63) is 65.9 Å². The second-order valence-corrected chi connectivity index (χ2v) is 5.65. The summed E-state index contributed by atoms with van der Waals surface area (Å²) in [6, 6.07) is 10.9. The van der Waals surface area contributed by atoms with Crippen LogP contribution in [0.1, 0.15) is 28.2 Å². The predicted molar refractivity (Wildman–Crippen MR) is 92.1 cm³/mol. The molecule has 1 aromatic carbocycles. The minimum absolute atomic E-state index is 0.0142. The average Bonchev–Trinajstić information content (AvgIpc) is 3.32. The Hall–Kier alpha value is -3.35. The molecule has 26 heavy (non-hydrogen) atoms. The van der Waals surface area contributed by atoms with Gasteiger partial charge in [-0.1, -0.05) is 17.7 Å². The lowest BCUT2D eigenvalue weighted by atomic mass is 10.1. The minimum Gasteiger partial charge on any atom is -0.459 e. The number of hydrogen-bond acceptors (Lipinski definition) is 6. The van der Waals surface area contributed by atoms with Crippen molar-refractivity contribution in [1.82, 2.24) is 10.3 Å². The molecule has 0 aliphatic rings. The standard InChI is InChI=1S/C19H18N2O5/c1-13-4-6-14(7-5-13)19-21-15(12-26-19)11-25-17(22)8-9-20-18(23)16-3-2-10-24-16/h2-7,10,12H,8-9,11H2,1H3,(H,20,23). The Morgan fingerprint density at radius 3 is 2.69 bits per heavy atom. The molecule has 0 unspecified atom stereocenters. The van der Waals surface area contributed by atoms with Gasteiger partial charge in [-0.2, -0.15) is 0 Å². The van der Waals surface area contributed by atoms with Gasteiger partial charge in [0, 0.05) is 12.1 Å². The van der Waals surface area contributed by atoms with Crippen molar-refractivity contribution in [1.29, 1.82) is 0 Å². The summed E-state index contributed by atoms with van der Waals surface area (Å²) in [5.41, 5.74) is 2.52. The Morgan fingerprint density at radius 2 is 1.96 bits per heavy atom. The van der Waals surface area contributed by atoms with Gasteiger partial charge in [0.1, 0.15) is 18.6 Å². The molecule has 0 radical (unpaired) electrons. The average molecular weight is 354 g/mol. The molecule has 0 spiro atoms. The molecule has 134 valence electrons. The van der Waals surface area contributed by atoms with E-state index in [1.54, 1.807) is 12.1 Å². The smallest absolute Gasteiger partial charge is 0.307 e. The van der Waals surface area contributed by atoms with Crippen LogP contribution in [0.2, 0.25) is 0 Å². The molecule has 7 nitrogen and oxygen atoms in total. The molecule has 0 saturated heterocycles. The molecule has 3 aromatic rings. The number of furan rings is 1. The molecule has 0 bridgehead atoms. The molecule has 0 aliphatic heterocycles. The zero-order valence-corrected chi connectivity index (χ0v) is 14.2. The topological polar surface area (TPSA) is 94.6 Å². The molecule has 0 saturated carbocycles. The molecule has 1 amide bonds. The van der Waals surface area contributed by atoms with Crippen molar-refractivity contribution in [2.75, 3.05) is 6.54 Å². The zero-order valence-electron chi connectivity index (χ0n) is 14.2. The second-order valence-electron chi connectivity index (χ2n) is 5.65. The maximum atomic E-state index is 11.7. The third kappa shape index (κ3) is 4.60. The fourth-order valence-corrected chi connectivity index (χ4v) is 2.20. The third-order valence-corrected chi connectivity index (χ3v) is 3.59. The van der Waals surface area contributed by atoms with E-state index in [2.05, 4.69) is 10.3 Å². The Labute approximate surface area is 150 Å². The van der Waals surface area contributed by atoms with Crippen LogP contribution in [0.4, 0.5) is 0 Å². The van der Waals surface area contributed by atoms with E-state index >= 15 is 0 Å². The Morgan fingerprint density at radius 1 is 1.15 bits per heavy atom. The van der Waals surface area contributed by atoms with Crippen molar-refractivity contribution in [3.8, 4) is 11.5 Å². The fourth-order valence-electron chi connectivity index (χ4n) is 2.20. The zero-order chi connectivity index (χ0) is 18.4. The summed E-state index contributed by atoms with van der Waals surface area (Å²) in [5, 5.41) is 2.58. The van der Waals surface area contributed by atoms with E-state index in [-0.39, 0.29) is 31.2 Å². The van der Waals surface area contributed by atoms with E-state index in [1.165, 1.54) is 12.5 Å². The molecular weight excluding hydrogens is 336 g/mol. The number of carbonyl (C=O) groups is 2. The number of ether oxygens (including phenoxy) is 1. The van der Waals surface area contributed by atoms with E-state index in [1.807, 2.05) is 31.2 Å². The van der Waals surface area contributed by atoms with Gasteiger partial charge in [-0.25, -0.2) is 4.98 Å². The predicted octanol–water partition coefficient (Wildman–Crippen LogP) is 3.11. The van der Waals surface area contributed by atoms with Gasteiger partial charge < -0.3 is 18.9 Å².